The van der Waals surface area contributed by atoms with E-state index in [2.05, 4.69) is 19.3 Å². The average Bonchev–Trinajstić information content (AvgIpc) is 2.43. The molecule has 0 bridgehead atoms. The molecule has 0 aliphatic carbocycles. The topological polar surface area (TPSA) is 47.3 Å². The third kappa shape index (κ3) is 6.17. The predicted molar refractivity (Wildman–Crippen MR) is 77.2 cm³/mol. The molecule has 1 aliphatic heterocycles. The van der Waals surface area contributed by atoms with Gasteiger partial charge in [-0.05, 0) is 38.0 Å². The first kappa shape index (κ1) is 15.9. The van der Waals surface area contributed by atoms with Gasteiger partial charge < -0.3 is 4.74 Å². The molecule has 0 spiro atoms. The number of hydrogen-bond acceptors (Lipinski definition) is 3. The first-order chi connectivity index (χ1) is 8.80. The summed E-state index contributed by atoms with van der Waals surface area (Å²) in [4.78, 5) is 0. The molecule has 0 aromatic heterocycles. The maximum absolute atomic E-state index is 5.81. The monoisotopic (exact) mass is 256 g/mol. The number of nitrogens with two attached hydrogens (primary N) is 1. The van der Waals surface area contributed by atoms with Crippen LogP contribution in [0.25, 0.3) is 0 Å². The normalized spacial score (nSPS) is 23.8. The summed E-state index contributed by atoms with van der Waals surface area (Å²) in [5.74, 6) is 6.53. The Labute approximate surface area is 113 Å². The van der Waals surface area contributed by atoms with Crippen molar-refractivity contribution >= 4 is 0 Å². The summed E-state index contributed by atoms with van der Waals surface area (Å²) in [5, 5.41) is 0. The second-order valence-electron chi connectivity index (χ2n) is 5.74. The Morgan fingerprint density at radius 2 is 2.17 bits per heavy atom. The highest BCUT2D eigenvalue weighted by Crippen LogP contribution is 2.23. The minimum Gasteiger partial charge on any atom is -0.378 e. The summed E-state index contributed by atoms with van der Waals surface area (Å²) in [6, 6.07) is 0.426. The van der Waals surface area contributed by atoms with E-state index in [1.165, 1.54) is 51.4 Å². The number of hydrazine groups is 1. The molecule has 0 aromatic rings. The highest BCUT2D eigenvalue weighted by atomic mass is 16.5. The lowest BCUT2D eigenvalue weighted by Gasteiger charge is -2.28. The molecule has 3 atom stereocenters. The Morgan fingerprint density at radius 1 is 1.33 bits per heavy atom. The molecule has 1 saturated heterocycles. The molecule has 0 saturated carbocycles. The van der Waals surface area contributed by atoms with Gasteiger partial charge in [-0.2, -0.15) is 0 Å². The second-order valence-corrected chi connectivity index (χ2v) is 5.74. The maximum atomic E-state index is 5.81. The van der Waals surface area contributed by atoms with Gasteiger partial charge in [0, 0.05) is 12.6 Å². The first-order valence-electron chi connectivity index (χ1n) is 7.87. The lowest BCUT2D eigenvalue weighted by Crippen LogP contribution is -2.40. The fraction of sp³-hybridized carbons (Fsp3) is 1.00. The molecule has 3 N–H and O–H groups in total. The van der Waals surface area contributed by atoms with Crippen molar-refractivity contribution in [2.45, 2.75) is 83.8 Å². The summed E-state index contributed by atoms with van der Waals surface area (Å²) in [5.41, 5.74) is 3.01. The largest absolute Gasteiger partial charge is 0.378 e. The van der Waals surface area contributed by atoms with Crippen LogP contribution in [0, 0.1) is 5.92 Å². The smallest absolute Gasteiger partial charge is 0.0590 e. The van der Waals surface area contributed by atoms with Gasteiger partial charge in [0.1, 0.15) is 0 Å². The van der Waals surface area contributed by atoms with Gasteiger partial charge >= 0.3 is 0 Å². The number of nitrogens with one attached hydrogen (secondary N) is 1. The molecule has 3 unspecified atom stereocenters. The molecule has 3 nitrogen and oxygen atoms in total. The third-order valence-electron chi connectivity index (χ3n) is 4.22. The summed E-state index contributed by atoms with van der Waals surface area (Å²) in [7, 11) is 0. The van der Waals surface area contributed by atoms with Gasteiger partial charge in [0.2, 0.25) is 0 Å². The number of unbranched alkanes of at least 4 members (excludes halogenated alkanes) is 1. The van der Waals surface area contributed by atoms with Crippen molar-refractivity contribution in [2.75, 3.05) is 6.61 Å². The van der Waals surface area contributed by atoms with E-state index in [0.717, 1.165) is 18.9 Å². The van der Waals surface area contributed by atoms with Crippen LogP contribution in [0.2, 0.25) is 0 Å². The van der Waals surface area contributed by atoms with Crippen LogP contribution >= 0.6 is 0 Å². The van der Waals surface area contributed by atoms with Crippen molar-refractivity contribution in [3.05, 3.63) is 0 Å². The summed E-state index contributed by atoms with van der Waals surface area (Å²) in [6.45, 7) is 5.50. The van der Waals surface area contributed by atoms with Gasteiger partial charge in [0.25, 0.3) is 0 Å². The quantitative estimate of drug-likeness (QED) is 0.491. The van der Waals surface area contributed by atoms with E-state index in [1.54, 1.807) is 0 Å². The van der Waals surface area contributed by atoms with Gasteiger partial charge in [-0.3, -0.25) is 11.3 Å². The van der Waals surface area contributed by atoms with E-state index < -0.39 is 0 Å². The molecule has 0 amide bonds. The Bertz CT molecular complexity index is 193. The molecular weight excluding hydrogens is 224 g/mol. The SMILES string of the molecule is CCCCC(CC)CC(CC1CCCCO1)NN. The lowest BCUT2D eigenvalue weighted by molar-refractivity contribution is 0.00355. The van der Waals surface area contributed by atoms with E-state index in [0.29, 0.717) is 12.1 Å². The number of hydrogen-bond donors (Lipinski definition) is 2. The molecule has 1 rings (SSSR count). The third-order valence-corrected chi connectivity index (χ3v) is 4.22. The van der Waals surface area contributed by atoms with Crippen molar-refractivity contribution in [1.82, 2.24) is 5.43 Å². The number of ether oxygens (including phenoxy) is 1. The fourth-order valence-electron chi connectivity index (χ4n) is 2.93. The second kappa shape index (κ2) is 9.76. The molecule has 18 heavy (non-hydrogen) atoms. The molecule has 1 heterocycles. The molecule has 108 valence electrons. The molecule has 0 radical (unpaired) electrons. The molecule has 0 aromatic carbocycles. The van der Waals surface area contributed by atoms with Gasteiger partial charge in [-0.15, -0.1) is 0 Å². The molecule has 1 aliphatic rings. The van der Waals surface area contributed by atoms with Gasteiger partial charge in [-0.25, -0.2) is 0 Å². The van der Waals surface area contributed by atoms with Crippen molar-refractivity contribution in [3.8, 4) is 0 Å². The predicted octanol–water partition coefficient (Wildman–Crippen LogP) is 3.38. The van der Waals surface area contributed by atoms with E-state index in [4.69, 9.17) is 10.6 Å². The van der Waals surface area contributed by atoms with E-state index in [9.17, 15) is 0 Å². The zero-order valence-electron chi connectivity index (χ0n) is 12.3. The van der Waals surface area contributed by atoms with Crippen LogP contribution in [0.5, 0.6) is 0 Å². The zero-order valence-corrected chi connectivity index (χ0v) is 12.3. The zero-order chi connectivity index (χ0) is 13.2. The number of rotatable bonds is 9. The van der Waals surface area contributed by atoms with Crippen molar-refractivity contribution in [2.24, 2.45) is 11.8 Å². The average molecular weight is 256 g/mol. The minimum atomic E-state index is 0.426. The highest BCUT2D eigenvalue weighted by Gasteiger charge is 2.21. The Morgan fingerprint density at radius 3 is 2.72 bits per heavy atom. The summed E-state index contributed by atoms with van der Waals surface area (Å²) in [6.07, 6.45) is 11.7. The van der Waals surface area contributed by atoms with E-state index in [1.807, 2.05) is 0 Å². The van der Waals surface area contributed by atoms with Crippen molar-refractivity contribution in [3.63, 3.8) is 0 Å². The van der Waals surface area contributed by atoms with E-state index >= 15 is 0 Å². The van der Waals surface area contributed by atoms with Gasteiger partial charge in [0.15, 0.2) is 0 Å². The van der Waals surface area contributed by atoms with Gasteiger partial charge in [-0.1, -0.05) is 39.5 Å². The molecule has 3 heteroatoms. The van der Waals surface area contributed by atoms with Crippen molar-refractivity contribution in [1.29, 1.82) is 0 Å². The van der Waals surface area contributed by atoms with Crippen LogP contribution in [-0.2, 0) is 4.74 Å². The molecule has 1 fully saturated rings. The van der Waals surface area contributed by atoms with Gasteiger partial charge in [0.05, 0.1) is 6.10 Å². The van der Waals surface area contributed by atoms with Crippen LogP contribution in [0.3, 0.4) is 0 Å². The minimum absolute atomic E-state index is 0.426. The van der Waals surface area contributed by atoms with Crippen LogP contribution in [-0.4, -0.2) is 18.8 Å². The highest BCUT2D eigenvalue weighted by molar-refractivity contribution is 4.75. The van der Waals surface area contributed by atoms with Crippen LogP contribution in [0.1, 0.15) is 71.6 Å². The first-order valence-corrected chi connectivity index (χ1v) is 7.87. The van der Waals surface area contributed by atoms with Crippen LogP contribution < -0.4 is 11.3 Å². The maximum Gasteiger partial charge on any atom is 0.0590 e. The lowest BCUT2D eigenvalue weighted by atomic mass is 9.89. The van der Waals surface area contributed by atoms with Crippen LogP contribution in [0.4, 0.5) is 0 Å². The Kier molecular flexibility index (Phi) is 8.64. The molecular formula is C15H32N2O. The fourth-order valence-corrected chi connectivity index (χ4v) is 2.93. The Balaban J connectivity index is 2.29. The standard InChI is InChI=1S/C15H32N2O/c1-3-5-8-13(4-2)11-14(17-16)12-15-9-6-7-10-18-15/h13-15,17H,3-12,16H2,1-2H3. The Hall–Kier alpha value is -0.120. The van der Waals surface area contributed by atoms with Crippen LogP contribution in [0.15, 0.2) is 0 Å². The van der Waals surface area contributed by atoms with E-state index in [-0.39, 0.29) is 0 Å². The summed E-state index contributed by atoms with van der Waals surface area (Å²) >= 11 is 0. The summed E-state index contributed by atoms with van der Waals surface area (Å²) < 4.78 is 5.81. The van der Waals surface area contributed by atoms with Crippen molar-refractivity contribution < 1.29 is 4.74 Å².